The molecular formula is C15H13ClN2O. The fourth-order valence-corrected chi connectivity index (χ4v) is 2.43. The fraction of sp³-hybridized carbons (Fsp3) is 0.133. The van der Waals surface area contributed by atoms with Crippen molar-refractivity contribution in [3.63, 3.8) is 0 Å². The van der Waals surface area contributed by atoms with E-state index in [2.05, 4.69) is 11.1 Å². The van der Waals surface area contributed by atoms with Crippen LogP contribution in [0.5, 0.6) is 5.75 Å². The number of fused-ring (bicyclic) bond motifs is 1. The lowest BCUT2D eigenvalue weighted by Crippen LogP contribution is -1.97. The van der Waals surface area contributed by atoms with Gasteiger partial charge < -0.3 is 4.74 Å². The van der Waals surface area contributed by atoms with Gasteiger partial charge in [0.25, 0.3) is 0 Å². The van der Waals surface area contributed by atoms with E-state index in [0.29, 0.717) is 5.15 Å². The molecule has 0 N–H and O–H groups in total. The number of hydrogen-bond donors (Lipinski definition) is 0. The molecule has 0 atom stereocenters. The third kappa shape index (κ3) is 2.29. The summed E-state index contributed by atoms with van der Waals surface area (Å²) in [5, 5.41) is 0.674. The van der Waals surface area contributed by atoms with Crippen molar-refractivity contribution in [2.45, 2.75) is 6.42 Å². The Morgan fingerprint density at radius 1 is 1.21 bits per heavy atom. The van der Waals surface area contributed by atoms with Crippen LogP contribution in [-0.4, -0.2) is 16.5 Å². The number of hydrogen-bond acceptors (Lipinski definition) is 2. The predicted molar refractivity (Wildman–Crippen MR) is 76.0 cm³/mol. The number of rotatable bonds is 3. The second kappa shape index (κ2) is 4.94. The standard InChI is InChI=1S/C15H13ClN2O/c1-19-13-6-2-4-11(8-13)9-15-17-10-12-5-3-7-14(16)18(12)15/h2-8,10H,9H2,1H3. The van der Waals surface area contributed by atoms with Gasteiger partial charge >= 0.3 is 0 Å². The Morgan fingerprint density at radius 2 is 2.05 bits per heavy atom. The summed E-state index contributed by atoms with van der Waals surface area (Å²) in [4.78, 5) is 4.44. The molecule has 4 heteroatoms. The Balaban J connectivity index is 2.01. The molecule has 0 aliphatic carbocycles. The Hall–Kier alpha value is -2.00. The highest BCUT2D eigenvalue weighted by molar-refractivity contribution is 6.29. The van der Waals surface area contributed by atoms with E-state index >= 15 is 0 Å². The molecular weight excluding hydrogens is 260 g/mol. The molecule has 0 spiro atoms. The van der Waals surface area contributed by atoms with Crippen molar-refractivity contribution in [3.05, 3.63) is 65.2 Å². The normalized spacial score (nSPS) is 10.8. The van der Waals surface area contributed by atoms with Crippen molar-refractivity contribution in [2.75, 3.05) is 7.11 Å². The lowest BCUT2D eigenvalue weighted by Gasteiger charge is -2.05. The van der Waals surface area contributed by atoms with Gasteiger partial charge in [-0.2, -0.15) is 0 Å². The molecule has 2 heterocycles. The first-order valence-electron chi connectivity index (χ1n) is 6.02. The van der Waals surface area contributed by atoms with E-state index in [0.717, 1.165) is 29.1 Å². The zero-order valence-corrected chi connectivity index (χ0v) is 11.3. The third-order valence-corrected chi connectivity index (χ3v) is 3.37. The lowest BCUT2D eigenvalue weighted by atomic mass is 10.1. The number of nitrogens with zero attached hydrogens (tertiary/aromatic N) is 2. The van der Waals surface area contributed by atoms with Crippen molar-refractivity contribution in [1.82, 2.24) is 9.38 Å². The topological polar surface area (TPSA) is 26.5 Å². The summed E-state index contributed by atoms with van der Waals surface area (Å²) in [5.41, 5.74) is 2.15. The number of benzene rings is 1. The van der Waals surface area contributed by atoms with Crippen molar-refractivity contribution >= 4 is 17.1 Å². The Bertz CT molecular complexity index is 721. The van der Waals surface area contributed by atoms with Gasteiger partial charge in [-0.1, -0.05) is 29.8 Å². The van der Waals surface area contributed by atoms with Gasteiger partial charge in [0.05, 0.1) is 18.8 Å². The third-order valence-electron chi connectivity index (χ3n) is 3.07. The largest absolute Gasteiger partial charge is 0.497 e. The van der Waals surface area contributed by atoms with Gasteiger partial charge in [0, 0.05) is 6.42 Å². The quantitative estimate of drug-likeness (QED) is 0.681. The van der Waals surface area contributed by atoms with Crippen LogP contribution >= 0.6 is 11.6 Å². The minimum atomic E-state index is 0.674. The molecule has 0 aliphatic rings. The van der Waals surface area contributed by atoms with Crippen LogP contribution in [0.4, 0.5) is 0 Å². The van der Waals surface area contributed by atoms with Crippen LogP contribution in [0.25, 0.3) is 5.52 Å². The molecule has 2 aromatic heterocycles. The number of pyridine rings is 1. The summed E-state index contributed by atoms with van der Waals surface area (Å²) < 4.78 is 7.19. The highest BCUT2D eigenvalue weighted by Gasteiger charge is 2.07. The molecule has 3 aromatic rings. The van der Waals surface area contributed by atoms with E-state index < -0.39 is 0 Å². The van der Waals surface area contributed by atoms with Crippen LogP contribution in [0.2, 0.25) is 5.15 Å². The number of imidazole rings is 1. The maximum absolute atomic E-state index is 6.23. The number of methoxy groups -OCH3 is 1. The van der Waals surface area contributed by atoms with Gasteiger partial charge in [0.1, 0.15) is 16.7 Å². The average Bonchev–Trinajstić information content (AvgIpc) is 2.84. The first-order chi connectivity index (χ1) is 9.28. The van der Waals surface area contributed by atoms with Gasteiger partial charge in [-0.3, -0.25) is 4.40 Å². The maximum atomic E-state index is 6.23. The average molecular weight is 273 g/mol. The molecule has 19 heavy (non-hydrogen) atoms. The number of ether oxygens (including phenoxy) is 1. The Labute approximate surface area is 116 Å². The van der Waals surface area contributed by atoms with Crippen molar-refractivity contribution < 1.29 is 4.74 Å². The zero-order chi connectivity index (χ0) is 13.2. The van der Waals surface area contributed by atoms with Crippen molar-refractivity contribution in [2.24, 2.45) is 0 Å². The molecule has 96 valence electrons. The van der Waals surface area contributed by atoms with Crippen LogP contribution in [-0.2, 0) is 6.42 Å². The summed E-state index contributed by atoms with van der Waals surface area (Å²) in [6.07, 6.45) is 2.55. The highest BCUT2D eigenvalue weighted by Crippen LogP contribution is 2.19. The molecule has 3 nitrogen and oxygen atoms in total. The molecule has 0 saturated heterocycles. The Kier molecular flexibility index (Phi) is 3.13. The van der Waals surface area contributed by atoms with Crippen LogP contribution < -0.4 is 4.74 Å². The summed E-state index contributed by atoms with van der Waals surface area (Å²) in [7, 11) is 1.67. The minimum Gasteiger partial charge on any atom is -0.497 e. The zero-order valence-electron chi connectivity index (χ0n) is 10.5. The number of aromatic nitrogens is 2. The summed E-state index contributed by atoms with van der Waals surface area (Å²) in [6, 6.07) is 13.8. The molecule has 0 radical (unpaired) electrons. The van der Waals surface area contributed by atoms with E-state index in [9.17, 15) is 0 Å². The molecule has 0 saturated carbocycles. The summed E-state index contributed by atoms with van der Waals surface area (Å²) in [6.45, 7) is 0. The molecule has 0 unspecified atom stereocenters. The number of halogens is 1. The highest BCUT2D eigenvalue weighted by atomic mass is 35.5. The summed E-state index contributed by atoms with van der Waals surface area (Å²) in [5.74, 6) is 1.78. The second-order valence-electron chi connectivity index (χ2n) is 4.31. The van der Waals surface area contributed by atoms with Crippen molar-refractivity contribution in [1.29, 1.82) is 0 Å². The van der Waals surface area contributed by atoms with Crippen LogP contribution in [0.3, 0.4) is 0 Å². The van der Waals surface area contributed by atoms with Gasteiger partial charge in [-0.25, -0.2) is 4.98 Å². The van der Waals surface area contributed by atoms with Crippen molar-refractivity contribution in [3.8, 4) is 5.75 Å². The van der Waals surface area contributed by atoms with Crippen LogP contribution in [0, 0.1) is 0 Å². The van der Waals surface area contributed by atoms with Gasteiger partial charge in [0.2, 0.25) is 0 Å². The molecule has 0 fully saturated rings. The first-order valence-corrected chi connectivity index (χ1v) is 6.39. The smallest absolute Gasteiger partial charge is 0.119 e. The van der Waals surface area contributed by atoms with Gasteiger partial charge in [-0.05, 0) is 29.8 Å². The van der Waals surface area contributed by atoms with E-state index in [1.165, 1.54) is 0 Å². The van der Waals surface area contributed by atoms with Gasteiger partial charge in [-0.15, -0.1) is 0 Å². The minimum absolute atomic E-state index is 0.674. The second-order valence-corrected chi connectivity index (χ2v) is 4.70. The lowest BCUT2D eigenvalue weighted by molar-refractivity contribution is 0.414. The molecule has 0 bridgehead atoms. The van der Waals surface area contributed by atoms with Crippen LogP contribution in [0.15, 0.2) is 48.7 Å². The van der Waals surface area contributed by atoms with E-state index in [-0.39, 0.29) is 0 Å². The SMILES string of the molecule is COc1cccc(Cc2ncc3cccc(Cl)n23)c1. The monoisotopic (exact) mass is 272 g/mol. The van der Waals surface area contributed by atoms with E-state index in [1.54, 1.807) is 7.11 Å². The Morgan fingerprint density at radius 3 is 2.89 bits per heavy atom. The maximum Gasteiger partial charge on any atom is 0.119 e. The first kappa shape index (κ1) is 12.1. The van der Waals surface area contributed by atoms with Crippen LogP contribution in [0.1, 0.15) is 11.4 Å². The molecule has 1 aromatic carbocycles. The summed E-state index contributed by atoms with van der Waals surface area (Å²) >= 11 is 6.23. The van der Waals surface area contributed by atoms with E-state index in [4.69, 9.17) is 16.3 Å². The fourth-order valence-electron chi connectivity index (χ4n) is 2.16. The van der Waals surface area contributed by atoms with E-state index in [1.807, 2.05) is 47.0 Å². The molecule has 0 amide bonds. The molecule has 3 rings (SSSR count). The molecule has 0 aliphatic heterocycles. The predicted octanol–water partition coefficient (Wildman–Crippen LogP) is 3.59. The van der Waals surface area contributed by atoms with Gasteiger partial charge in [0.15, 0.2) is 0 Å².